The second kappa shape index (κ2) is 12.5. The van der Waals surface area contributed by atoms with Crippen LogP contribution in [0.3, 0.4) is 0 Å². The zero-order valence-electron chi connectivity index (χ0n) is 20.6. The first-order valence-corrected chi connectivity index (χ1v) is 13.1. The molecule has 1 heterocycles. The van der Waals surface area contributed by atoms with E-state index in [2.05, 4.69) is 25.8 Å². The summed E-state index contributed by atoms with van der Waals surface area (Å²) in [7, 11) is -4.09. The van der Waals surface area contributed by atoms with Gasteiger partial charge in [-0.3, -0.25) is 40.2 Å². The Morgan fingerprint density at radius 1 is 1.03 bits per heavy atom. The molecule has 0 saturated carbocycles. The van der Waals surface area contributed by atoms with E-state index in [9.17, 15) is 28.1 Å². The van der Waals surface area contributed by atoms with E-state index in [1.165, 1.54) is 50.2 Å². The monoisotopic (exact) mass is 534 g/mol. The highest BCUT2D eigenvalue weighted by molar-refractivity contribution is 7.92. The molecule has 2 amide bonds. The van der Waals surface area contributed by atoms with Crippen molar-refractivity contribution in [1.82, 2.24) is 15.6 Å². The normalized spacial score (nSPS) is 14.0. The predicted molar refractivity (Wildman–Crippen MR) is 136 cm³/mol. The number of rotatable bonds is 10. The lowest BCUT2D eigenvalue weighted by atomic mass is 10.1. The predicted octanol–water partition coefficient (Wildman–Crippen LogP) is 1.29. The Bertz CT molecular complexity index is 1240. The van der Waals surface area contributed by atoms with E-state index >= 15 is 0 Å². The molecule has 13 nitrogen and oxygen atoms in total. The number of amides is 2. The maximum absolute atomic E-state index is 12.8. The van der Waals surface area contributed by atoms with E-state index in [1.54, 1.807) is 0 Å². The van der Waals surface area contributed by atoms with Crippen LogP contribution in [0.5, 0.6) is 0 Å². The highest BCUT2D eigenvalue weighted by Gasteiger charge is 2.25. The number of ether oxygens (including phenoxy) is 1. The Morgan fingerprint density at radius 3 is 2.32 bits per heavy atom. The molecule has 200 valence electrons. The van der Waals surface area contributed by atoms with Gasteiger partial charge in [0.15, 0.2) is 0 Å². The molecular weight excluding hydrogens is 504 g/mol. The SMILES string of the molecule is Cc1ccc(S(=O)(=O)Nc2ccc(NNC(=O)C(=O)NCCCN3CCOCC3)cc2)c(C)c1[N+](=O)[O-]. The van der Waals surface area contributed by atoms with Crippen molar-refractivity contribution in [3.05, 3.63) is 57.6 Å². The Labute approximate surface area is 214 Å². The molecule has 4 N–H and O–H groups in total. The summed E-state index contributed by atoms with van der Waals surface area (Å²) in [4.78, 5) is 36.7. The topological polar surface area (TPSA) is 172 Å². The van der Waals surface area contributed by atoms with Gasteiger partial charge in [0, 0.05) is 36.4 Å². The molecule has 1 saturated heterocycles. The van der Waals surface area contributed by atoms with Crippen LogP contribution >= 0.6 is 0 Å². The van der Waals surface area contributed by atoms with E-state index in [0.29, 0.717) is 37.4 Å². The molecule has 1 aliphatic heterocycles. The van der Waals surface area contributed by atoms with Crippen molar-refractivity contribution < 1.29 is 27.7 Å². The van der Waals surface area contributed by atoms with Gasteiger partial charge < -0.3 is 10.1 Å². The third-order valence-corrected chi connectivity index (χ3v) is 7.28. The molecule has 0 aliphatic carbocycles. The molecular formula is C23H30N6O7S. The number of nitrogens with one attached hydrogen (secondary N) is 4. The Morgan fingerprint density at radius 2 is 1.68 bits per heavy atom. The maximum Gasteiger partial charge on any atom is 0.327 e. The molecule has 1 fully saturated rings. The smallest absolute Gasteiger partial charge is 0.327 e. The number of nitro benzene ring substituents is 1. The van der Waals surface area contributed by atoms with Crippen molar-refractivity contribution in [1.29, 1.82) is 0 Å². The van der Waals surface area contributed by atoms with Gasteiger partial charge >= 0.3 is 11.8 Å². The lowest BCUT2D eigenvalue weighted by Crippen LogP contribution is -2.43. The minimum Gasteiger partial charge on any atom is -0.379 e. The third kappa shape index (κ3) is 7.62. The van der Waals surface area contributed by atoms with Crippen molar-refractivity contribution in [3.8, 4) is 0 Å². The van der Waals surface area contributed by atoms with E-state index < -0.39 is 26.8 Å². The van der Waals surface area contributed by atoms with Crippen molar-refractivity contribution in [2.75, 3.05) is 49.5 Å². The largest absolute Gasteiger partial charge is 0.379 e. The maximum atomic E-state index is 12.8. The van der Waals surface area contributed by atoms with E-state index in [4.69, 9.17) is 4.74 Å². The third-order valence-electron chi connectivity index (χ3n) is 5.76. The Balaban J connectivity index is 1.48. The number of carbonyl (C=O) groups is 2. The first kappa shape index (κ1) is 27.8. The van der Waals surface area contributed by atoms with Gasteiger partial charge in [0.25, 0.3) is 15.7 Å². The number of aryl methyl sites for hydroxylation is 1. The number of anilines is 2. The molecule has 0 atom stereocenters. The lowest BCUT2D eigenvalue weighted by Gasteiger charge is -2.26. The average Bonchev–Trinajstić information content (AvgIpc) is 2.86. The van der Waals surface area contributed by atoms with Gasteiger partial charge in [0.05, 0.1) is 28.7 Å². The summed E-state index contributed by atoms with van der Waals surface area (Å²) in [5.74, 6) is -1.64. The molecule has 2 aromatic rings. The van der Waals surface area contributed by atoms with Crippen LogP contribution in [0, 0.1) is 24.0 Å². The van der Waals surface area contributed by atoms with Crippen molar-refractivity contribution in [2.45, 2.75) is 25.2 Å². The van der Waals surface area contributed by atoms with E-state index in [0.717, 1.165) is 19.6 Å². The zero-order valence-corrected chi connectivity index (χ0v) is 21.4. The van der Waals surface area contributed by atoms with Crippen LogP contribution in [0.1, 0.15) is 17.5 Å². The second-order valence-corrected chi connectivity index (χ2v) is 10.1. The van der Waals surface area contributed by atoms with Crippen LogP contribution in [-0.4, -0.2) is 69.4 Å². The van der Waals surface area contributed by atoms with Crippen LogP contribution in [0.2, 0.25) is 0 Å². The molecule has 14 heteroatoms. The van der Waals surface area contributed by atoms with E-state index in [1.807, 2.05) is 0 Å². The molecule has 3 rings (SSSR count). The molecule has 0 bridgehead atoms. The fourth-order valence-electron chi connectivity index (χ4n) is 3.82. The number of hydrogen-bond acceptors (Lipinski definition) is 9. The summed E-state index contributed by atoms with van der Waals surface area (Å²) in [6.45, 7) is 7.20. The molecule has 2 aromatic carbocycles. The van der Waals surface area contributed by atoms with Crippen LogP contribution in [-0.2, 0) is 24.3 Å². The molecule has 0 aromatic heterocycles. The summed E-state index contributed by atoms with van der Waals surface area (Å²) < 4.78 is 33.3. The molecule has 37 heavy (non-hydrogen) atoms. The number of nitro groups is 1. The summed E-state index contributed by atoms with van der Waals surface area (Å²) in [6.07, 6.45) is 0.708. The Kier molecular flexibility index (Phi) is 9.38. The number of hydrazine groups is 1. The summed E-state index contributed by atoms with van der Waals surface area (Å²) in [6, 6.07) is 8.56. The average molecular weight is 535 g/mol. The molecule has 0 spiro atoms. The quantitative estimate of drug-likeness (QED) is 0.152. The van der Waals surface area contributed by atoms with Crippen molar-refractivity contribution >= 4 is 38.9 Å². The van der Waals surface area contributed by atoms with Gasteiger partial charge in [-0.05, 0) is 57.1 Å². The number of carbonyl (C=O) groups excluding carboxylic acids is 2. The first-order valence-electron chi connectivity index (χ1n) is 11.6. The minimum absolute atomic E-state index is 0.0397. The standard InChI is InChI=1S/C23H30N6O7S/c1-16-4-9-20(17(2)21(16)29(32)33)37(34,35)27-19-7-5-18(6-8-19)25-26-23(31)22(30)24-10-3-11-28-12-14-36-15-13-28/h4-9,25,27H,3,10-15H2,1-2H3,(H,24,30)(H,26,31). The van der Waals surface area contributed by atoms with Crippen LogP contribution in [0.4, 0.5) is 17.1 Å². The molecule has 1 aliphatic rings. The van der Waals surface area contributed by atoms with Gasteiger partial charge in [-0.25, -0.2) is 8.42 Å². The van der Waals surface area contributed by atoms with Crippen molar-refractivity contribution in [2.24, 2.45) is 0 Å². The fraction of sp³-hybridized carbons (Fsp3) is 0.391. The number of nitrogens with zero attached hydrogens (tertiary/aromatic N) is 2. The highest BCUT2D eigenvalue weighted by atomic mass is 32.2. The number of morpholine rings is 1. The number of benzene rings is 2. The highest BCUT2D eigenvalue weighted by Crippen LogP contribution is 2.29. The molecule has 0 unspecified atom stereocenters. The van der Waals surface area contributed by atoms with Crippen molar-refractivity contribution in [3.63, 3.8) is 0 Å². The second-order valence-electron chi connectivity index (χ2n) is 8.44. The molecule has 0 radical (unpaired) electrons. The Hall–Kier alpha value is -3.75. The summed E-state index contributed by atoms with van der Waals surface area (Å²) >= 11 is 0. The number of sulfonamides is 1. The van der Waals surface area contributed by atoms with Gasteiger partial charge in [-0.2, -0.15) is 0 Å². The fourth-order valence-corrected chi connectivity index (χ4v) is 5.12. The van der Waals surface area contributed by atoms with Gasteiger partial charge in [-0.1, -0.05) is 6.07 Å². The first-order chi connectivity index (χ1) is 17.6. The van der Waals surface area contributed by atoms with Crippen LogP contribution in [0.25, 0.3) is 0 Å². The van der Waals surface area contributed by atoms with Crippen LogP contribution < -0.4 is 20.9 Å². The van der Waals surface area contributed by atoms with Gasteiger partial charge in [0.1, 0.15) is 0 Å². The van der Waals surface area contributed by atoms with Gasteiger partial charge in [0.2, 0.25) is 0 Å². The summed E-state index contributed by atoms with van der Waals surface area (Å²) in [5.41, 5.74) is 5.63. The lowest BCUT2D eigenvalue weighted by molar-refractivity contribution is -0.386. The zero-order chi connectivity index (χ0) is 27.0. The minimum atomic E-state index is -4.09. The number of hydrogen-bond donors (Lipinski definition) is 4. The van der Waals surface area contributed by atoms with E-state index in [-0.39, 0.29) is 21.8 Å². The van der Waals surface area contributed by atoms with Gasteiger partial charge in [-0.15, -0.1) is 0 Å². The van der Waals surface area contributed by atoms with Crippen LogP contribution in [0.15, 0.2) is 41.3 Å². The summed E-state index contributed by atoms with van der Waals surface area (Å²) in [5, 5.41) is 13.9.